The van der Waals surface area contributed by atoms with Crippen LogP contribution < -0.4 is 0 Å². The number of aromatic amines is 1. The average molecular weight is 283 g/mol. The summed E-state index contributed by atoms with van der Waals surface area (Å²) in [7, 11) is 0. The van der Waals surface area contributed by atoms with Crippen LogP contribution in [0.15, 0.2) is 31.0 Å². The number of rotatable bonds is 3. The fourth-order valence-electron chi connectivity index (χ4n) is 3.16. The summed E-state index contributed by atoms with van der Waals surface area (Å²) in [5.74, 6) is 0.315. The Morgan fingerprint density at radius 3 is 3.14 bits per heavy atom. The SMILES string of the molecule is O[C@@H]1CCCC1Cn1cc(-c2ncnc3[nH]ccc23)cn1. The van der Waals surface area contributed by atoms with Crippen LogP contribution in [0.3, 0.4) is 0 Å². The quantitative estimate of drug-likeness (QED) is 0.770. The van der Waals surface area contributed by atoms with E-state index >= 15 is 0 Å². The van der Waals surface area contributed by atoms with Crippen molar-refractivity contribution in [3.8, 4) is 11.3 Å². The molecule has 3 heterocycles. The van der Waals surface area contributed by atoms with Gasteiger partial charge in [-0.2, -0.15) is 5.10 Å². The molecule has 2 N–H and O–H groups in total. The minimum absolute atomic E-state index is 0.187. The van der Waals surface area contributed by atoms with Gasteiger partial charge >= 0.3 is 0 Å². The minimum Gasteiger partial charge on any atom is -0.393 e. The van der Waals surface area contributed by atoms with Gasteiger partial charge in [-0.25, -0.2) is 9.97 Å². The Morgan fingerprint density at radius 1 is 1.33 bits per heavy atom. The Morgan fingerprint density at radius 2 is 2.29 bits per heavy atom. The number of aliphatic hydroxyl groups excluding tert-OH is 1. The lowest BCUT2D eigenvalue weighted by Gasteiger charge is -2.13. The molecule has 21 heavy (non-hydrogen) atoms. The molecule has 4 rings (SSSR count). The first-order chi connectivity index (χ1) is 10.3. The molecule has 108 valence electrons. The lowest BCUT2D eigenvalue weighted by molar-refractivity contribution is 0.121. The van der Waals surface area contributed by atoms with E-state index in [0.29, 0.717) is 5.92 Å². The van der Waals surface area contributed by atoms with Crippen molar-refractivity contribution in [1.82, 2.24) is 24.7 Å². The second-order valence-electron chi connectivity index (χ2n) is 5.67. The van der Waals surface area contributed by atoms with E-state index < -0.39 is 0 Å². The molecule has 1 aliphatic carbocycles. The number of nitrogens with one attached hydrogen (secondary N) is 1. The highest BCUT2D eigenvalue weighted by molar-refractivity contribution is 5.89. The van der Waals surface area contributed by atoms with Crippen LogP contribution in [-0.4, -0.2) is 35.9 Å². The molecule has 6 heteroatoms. The fourth-order valence-corrected chi connectivity index (χ4v) is 3.16. The van der Waals surface area contributed by atoms with Gasteiger partial charge in [0, 0.05) is 35.8 Å². The van der Waals surface area contributed by atoms with E-state index in [9.17, 15) is 5.11 Å². The van der Waals surface area contributed by atoms with Crippen molar-refractivity contribution in [3.05, 3.63) is 31.0 Å². The normalized spacial score (nSPS) is 22.1. The van der Waals surface area contributed by atoms with Gasteiger partial charge in [0.05, 0.1) is 18.0 Å². The standard InChI is InChI=1S/C15H17N5O/c21-13-3-1-2-10(13)7-20-8-11(6-19-20)14-12-4-5-16-15(12)18-9-17-14/h4-6,8-10,13,21H,1-3,7H2,(H,16,17,18)/t10?,13-/m1/s1. The predicted octanol–water partition coefficient (Wildman–Crippen LogP) is 1.98. The first-order valence-corrected chi connectivity index (χ1v) is 7.30. The van der Waals surface area contributed by atoms with Gasteiger partial charge in [0.2, 0.25) is 0 Å². The van der Waals surface area contributed by atoms with Gasteiger partial charge in [-0.1, -0.05) is 6.42 Å². The van der Waals surface area contributed by atoms with E-state index in [1.165, 1.54) is 0 Å². The molecule has 1 fully saturated rings. The molecule has 3 aromatic rings. The minimum atomic E-state index is -0.187. The van der Waals surface area contributed by atoms with Crippen molar-refractivity contribution in [2.75, 3.05) is 0 Å². The maximum atomic E-state index is 9.92. The summed E-state index contributed by atoms with van der Waals surface area (Å²) in [5, 5.41) is 15.3. The Bertz CT molecular complexity index is 762. The number of H-pyrrole nitrogens is 1. The van der Waals surface area contributed by atoms with Crippen LogP contribution in [0.2, 0.25) is 0 Å². The number of aliphatic hydroxyl groups is 1. The van der Waals surface area contributed by atoms with E-state index in [1.54, 1.807) is 6.33 Å². The molecular formula is C15H17N5O. The summed E-state index contributed by atoms with van der Waals surface area (Å²) in [6, 6.07) is 1.97. The molecule has 0 spiro atoms. The van der Waals surface area contributed by atoms with Crippen molar-refractivity contribution in [1.29, 1.82) is 0 Å². The zero-order valence-corrected chi connectivity index (χ0v) is 11.6. The second-order valence-corrected chi connectivity index (χ2v) is 5.67. The molecule has 0 aromatic carbocycles. The predicted molar refractivity (Wildman–Crippen MR) is 78.5 cm³/mol. The number of aromatic nitrogens is 5. The average Bonchev–Trinajstić information content (AvgIpc) is 3.21. The van der Waals surface area contributed by atoms with Crippen molar-refractivity contribution in [3.63, 3.8) is 0 Å². The lowest BCUT2D eigenvalue weighted by Crippen LogP contribution is -2.19. The number of hydrogen-bond donors (Lipinski definition) is 2. The molecule has 0 amide bonds. The van der Waals surface area contributed by atoms with Crippen LogP contribution >= 0.6 is 0 Å². The second kappa shape index (κ2) is 4.96. The van der Waals surface area contributed by atoms with Crippen LogP contribution in [0.4, 0.5) is 0 Å². The van der Waals surface area contributed by atoms with Crippen LogP contribution in [0.1, 0.15) is 19.3 Å². The van der Waals surface area contributed by atoms with E-state index in [1.807, 2.05) is 29.3 Å². The number of hydrogen-bond acceptors (Lipinski definition) is 4. The Balaban J connectivity index is 1.63. The van der Waals surface area contributed by atoms with E-state index in [0.717, 1.165) is 48.1 Å². The van der Waals surface area contributed by atoms with Crippen molar-refractivity contribution in [2.24, 2.45) is 5.92 Å². The third-order valence-electron chi connectivity index (χ3n) is 4.30. The van der Waals surface area contributed by atoms with Crippen molar-refractivity contribution in [2.45, 2.75) is 31.9 Å². The highest BCUT2D eigenvalue weighted by Gasteiger charge is 2.25. The van der Waals surface area contributed by atoms with Gasteiger partial charge in [0.25, 0.3) is 0 Å². The maximum absolute atomic E-state index is 9.92. The fraction of sp³-hybridized carbons (Fsp3) is 0.400. The zero-order chi connectivity index (χ0) is 14.2. The molecule has 0 saturated heterocycles. The molecule has 1 saturated carbocycles. The topological polar surface area (TPSA) is 79.6 Å². The Hall–Kier alpha value is -2.21. The van der Waals surface area contributed by atoms with E-state index in [2.05, 4.69) is 20.1 Å². The van der Waals surface area contributed by atoms with Gasteiger partial charge in [-0.15, -0.1) is 0 Å². The lowest BCUT2D eigenvalue weighted by atomic mass is 10.1. The van der Waals surface area contributed by atoms with E-state index in [-0.39, 0.29) is 6.10 Å². The third-order valence-corrected chi connectivity index (χ3v) is 4.30. The Kier molecular flexibility index (Phi) is 2.96. The molecule has 1 aliphatic rings. The van der Waals surface area contributed by atoms with Crippen molar-refractivity contribution >= 4 is 11.0 Å². The summed E-state index contributed by atoms with van der Waals surface area (Å²) in [6.45, 7) is 0.766. The summed E-state index contributed by atoms with van der Waals surface area (Å²) >= 11 is 0. The number of fused-ring (bicyclic) bond motifs is 1. The van der Waals surface area contributed by atoms with Gasteiger partial charge in [-0.3, -0.25) is 4.68 Å². The van der Waals surface area contributed by atoms with E-state index in [4.69, 9.17) is 0 Å². The maximum Gasteiger partial charge on any atom is 0.141 e. The molecule has 6 nitrogen and oxygen atoms in total. The third kappa shape index (κ3) is 2.21. The molecule has 0 aliphatic heterocycles. The first-order valence-electron chi connectivity index (χ1n) is 7.30. The molecule has 2 atom stereocenters. The summed E-state index contributed by atoms with van der Waals surface area (Å²) in [6.07, 6.45) is 10.2. The smallest absolute Gasteiger partial charge is 0.141 e. The number of nitrogens with zero attached hydrogens (tertiary/aromatic N) is 4. The Labute approximate surface area is 121 Å². The molecule has 3 aromatic heterocycles. The molecule has 0 radical (unpaired) electrons. The van der Waals surface area contributed by atoms with Gasteiger partial charge in [0.15, 0.2) is 0 Å². The monoisotopic (exact) mass is 283 g/mol. The highest BCUT2D eigenvalue weighted by atomic mass is 16.3. The summed E-state index contributed by atoms with van der Waals surface area (Å²) < 4.78 is 1.91. The molecule has 1 unspecified atom stereocenters. The van der Waals surface area contributed by atoms with Gasteiger partial charge in [0.1, 0.15) is 12.0 Å². The zero-order valence-electron chi connectivity index (χ0n) is 11.6. The van der Waals surface area contributed by atoms with Crippen LogP contribution in [0, 0.1) is 5.92 Å². The molecular weight excluding hydrogens is 266 g/mol. The van der Waals surface area contributed by atoms with Crippen LogP contribution in [0.25, 0.3) is 22.3 Å². The summed E-state index contributed by atoms with van der Waals surface area (Å²) in [4.78, 5) is 11.7. The highest BCUT2D eigenvalue weighted by Crippen LogP contribution is 2.28. The van der Waals surface area contributed by atoms with Gasteiger partial charge in [-0.05, 0) is 18.9 Å². The van der Waals surface area contributed by atoms with Crippen LogP contribution in [0.5, 0.6) is 0 Å². The first kappa shape index (κ1) is 12.5. The van der Waals surface area contributed by atoms with Crippen LogP contribution in [-0.2, 0) is 6.54 Å². The van der Waals surface area contributed by atoms with Gasteiger partial charge < -0.3 is 10.1 Å². The summed E-state index contributed by atoms with van der Waals surface area (Å²) in [5.41, 5.74) is 2.70. The largest absolute Gasteiger partial charge is 0.393 e. The van der Waals surface area contributed by atoms with Crippen molar-refractivity contribution < 1.29 is 5.11 Å². The molecule has 0 bridgehead atoms.